The van der Waals surface area contributed by atoms with Crippen molar-refractivity contribution in [3.63, 3.8) is 0 Å². The van der Waals surface area contributed by atoms with Crippen LogP contribution in [0.1, 0.15) is 43.5 Å². The quantitative estimate of drug-likeness (QED) is 0.459. The van der Waals surface area contributed by atoms with Crippen molar-refractivity contribution in [2.45, 2.75) is 39.2 Å². The van der Waals surface area contributed by atoms with E-state index in [0.29, 0.717) is 16.3 Å². The van der Waals surface area contributed by atoms with Crippen LogP contribution in [0.4, 0.5) is 5.69 Å². The molecule has 5 nitrogen and oxygen atoms in total. The summed E-state index contributed by atoms with van der Waals surface area (Å²) in [5, 5.41) is 10.8. The summed E-state index contributed by atoms with van der Waals surface area (Å²) in [6.45, 7) is 4.37. The third-order valence-electron chi connectivity index (χ3n) is 4.20. The van der Waals surface area contributed by atoms with Gasteiger partial charge in [-0.05, 0) is 53.1 Å². The van der Waals surface area contributed by atoms with Gasteiger partial charge in [0.2, 0.25) is 0 Å². The molecule has 0 aliphatic heterocycles. The number of benzene rings is 1. The van der Waals surface area contributed by atoms with Gasteiger partial charge in [0.1, 0.15) is 6.10 Å². The number of rotatable bonds is 3. The third kappa shape index (κ3) is 3.81. The minimum absolute atomic E-state index is 0.102. The largest absolute Gasteiger partial charge is 0.459 e. The summed E-state index contributed by atoms with van der Waals surface area (Å²) in [6, 6.07) is 4.10. The highest BCUT2D eigenvalue weighted by Crippen LogP contribution is 2.32. The molecular weight excluding hydrogens is 338 g/mol. The number of esters is 1. The van der Waals surface area contributed by atoms with Gasteiger partial charge in [0.15, 0.2) is 0 Å². The highest BCUT2D eigenvalue weighted by molar-refractivity contribution is 9.10. The minimum Gasteiger partial charge on any atom is -0.459 e. The average molecular weight is 356 g/mol. The molecule has 0 spiro atoms. The number of nitro benzene ring substituents is 1. The number of non-ortho nitro benzene ring substituents is 1. The molecule has 3 unspecified atom stereocenters. The standard InChI is InChI=1S/C15H18BrNO4/c1-9-3-5-12(7-10(9)2)21-15(18)13-8-11(17(19)20)4-6-14(13)16/h4,6,8-10,12H,3,5,7H2,1-2H3. The van der Waals surface area contributed by atoms with Crippen molar-refractivity contribution in [3.8, 4) is 0 Å². The fourth-order valence-electron chi connectivity index (χ4n) is 2.60. The predicted molar refractivity (Wildman–Crippen MR) is 82.2 cm³/mol. The molecule has 1 aromatic carbocycles. The maximum atomic E-state index is 12.2. The minimum atomic E-state index is -0.520. The Morgan fingerprint density at radius 3 is 2.67 bits per heavy atom. The van der Waals surface area contributed by atoms with Crippen molar-refractivity contribution < 1.29 is 14.5 Å². The second kappa shape index (κ2) is 6.56. The lowest BCUT2D eigenvalue weighted by atomic mass is 9.80. The highest BCUT2D eigenvalue weighted by atomic mass is 79.9. The van der Waals surface area contributed by atoms with E-state index in [0.717, 1.165) is 19.3 Å². The maximum absolute atomic E-state index is 12.2. The van der Waals surface area contributed by atoms with E-state index in [9.17, 15) is 14.9 Å². The molecule has 0 bridgehead atoms. The molecule has 2 rings (SSSR count). The van der Waals surface area contributed by atoms with Crippen LogP contribution in [0.2, 0.25) is 0 Å². The summed E-state index contributed by atoms with van der Waals surface area (Å²) in [5.74, 6) is 0.659. The van der Waals surface area contributed by atoms with Crippen LogP contribution in [0.3, 0.4) is 0 Å². The molecule has 6 heteroatoms. The Kier molecular flexibility index (Phi) is 4.98. The Morgan fingerprint density at radius 1 is 1.33 bits per heavy atom. The zero-order valence-corrected chi connectivity index (χ0v) is 13.6. The first-order chi connectivity index (χ1) is 9.88. The summed E-state index contributed by atoms with van der Waals surface area (Å²) in [5.41, 5.74) is 0.0891. The molecule has 1 saturated carbocycles. The van der Waals surface area contributed by atoms with Gasteiger partial charge in [0.25, 0.3) is 5.69 Å². The molecule has 1 aliphatic rings. The lowest BCUT2D eigenvalue weighted by Gasteiger charge is -2.31. The summed E-state index contributed by atoms with van der Waals surface area (Å²) < 4.78 is 6.03. The van der Waals surface area contributed by atoms with E-state index < -0.39 is 10.9 Å². The van der Waals surface area contributed by atoms with Crippen LogP contribution >= 0.6 is 15.9 Å². The molecule has 21 heavy (non-hydrogen) atoms. The SMILES string of the molecule is CC1CCC(OC(=O)c2cc([N+](=O)[O-])ccc2Br)CC1C. The lowest BCUT2D eigenvalue weighted by Crippen LogP contribution is -2.28. The summed E-state index contributed by atoms with van der Waals surface area (Å²) in [4.78, 5) is 22.5. The van der Waals surface area contributed by atoms with Crippen LogP contribution in [0.25, 0.3) is 0 Å². The van der Waals surface area contributed by atoms with Crippen LogP contribution in [-0.4, -0.2) is 17.0 Å². The summed E-state index contributed by atoms with van der Waals surface area (Å²) in [7, 11) is 0. The number of nitro groups is 1. The predicted octanol–water partition coefficient (Wildman–Crippen LogP) is 4.34. The molecule has 0 aromatic heterocycles. The first-order valence-corrected chi connectivity index (χ1v) is 7.82. The molecule has 1 aromatic rings. The first-order valence-electron chi connectivity index (χ1n) is 7.03. The number of ether oxygens (including phenoxy) is 1. The number of hydrogen-bond donors (Lipinski definition) is 0. The van der Waals surface area contributed by atoms with E-state index in [1.54, 1.807) is 0 Å². The Hall–Kier alpha value is -1.43. The fourth-order valence-corrected chi connectivity index (χ4v) is 3.01. The average Bonchev–Trinajstić information content (AvgIpc) is 2.43. The third-order valence-corrected chi connectivity index (χ3v) is 4.90. The van der Waals surface area contributed by atoms with Crippen molar-refractivity contribution in [2.24, 2.45) is 11.8 Å². The van der Waals surface area contributed by atoms with E-state index in [1.807, 2.05) is 0 Å². The molecule has 0 amide bonds. The number of nitrogens with zero attached hydrogens (tertiary/aromatic N) is 1. The van der Waals surface area contributed by atoms with Gasteiger partial charge in [-0.25, -0.2) is 4.79 Å². The van der Waals surface area contributed by atoms with Gasteiger partial charge >= 0.3 is 5.97 Å². The van der Waals surface area contributed by atoms with Crippen molar-refractivity contribution in [1.82, 2.24) is 0 Å². The normalized spacial score (nSPS) is 25.4. The van der Waals surface area contributed by atoms with Gasteiger partial charge in [0, 0.05) is 16.6 Å². The second-order valence-corrected chi connectivity index (χ2v) is 6.57. The molecule has 1 aliphatic carbocycles. The van der Waals surface area contributed by atoms with Crippen LogP contribution in [0.15, 0.2) is 22.7 Å². The Bertz CT molecular complexity index is 561. The molecule has 3 atom stereocenters. The number of halogens is 1. The first kappa shape index (κ1) is 15.9. The van der Waals surface area contributed by atoms with Crippen LogP contribution in [0, 0.1) is 22.0 Å². The van der Waals surface area contributed by atoms with Crippen molar-refractivity contribution in [3.05, 3.63) is 38.3 Å². The molecule has 0 radical (unpaired) electrons. The van der Waals surface area contributed by atoms with E-state index in [4.69, 9.17) is 4.74 Å². The van der Waals surface area contributed by atoms with Gasteiger partial charge in [-0.3, -0.25) is 10.1 Å². The van der Waals surface area contributed by atoms with E-state index in [-0.39, 0.29) is 17.4 Å². The van der Waals surface area contributed by atoms with Gasteiger partial charge in [-0.1, -0.05) is 13.8 Å². The lowest BCUT2D eigenvalue weighted by molar-refractivity contribution is -0.384. The number of hydrogen-bond acceptors (Lipinski definition) is 4. The number of carbonyl (C=O) groups excluding carboxylic acids is 1. The van der Waals surface area contributed by atoms with Crippen LogP contribution in [0.5, 0.6) is 0 Å². The van der Waals surface area contributed by atoms with E-state index in [1.165, 1.54) is 18.2 Å². The monoisotopic (exact) mass is 355 g/mol. The van der Waals surface area contributed by atoms with Gasteiger partial charge in [0.05, 0.1) is 10.5 Å². The molecular formula is C15H18BrNO4. The zero-order valence-electron chi connectivity index (χ0n) is 12.0. The van der Waals surface area contributed by atoms with Gasteiger partial charge in [-0.15, -0.1) is 0 Å². The summed E-state index contributed by atoms with van der Waals surface area (Å²) >= 11 is 3.24. The van der Waals surface area contributed by atoms with E-state index >= 15 is 0 Å². The van der Waals surface area contributed by atoms with Crippen LogP contribution in [-0.2, 0) is 4.74 Å². The Morgan fingerprint density at radius 2 is 2.05 bits per heavy atom. The second-order valence-electron chi connectivity index (χ2n) is 5.72. The molecule has 0 heterocycles. The topological polar surface area (TPSA) is 69.4 Å². The Labute approximate surface area is 132 Å². The molecule has 114 valence electrons. The zero-order chi connectivity index (χ0) is 15.6. The van der Waals surface area contributed by atoms with Crippen LogP contribution < -0.4 is 0 Å². The van der Waals surface area contributed by atoms with Gasteiger partial charge < -0.3 is 4.74 Å². The Balaban J connectivity index is 2.10. The molecule has 0 N–H and O–H groups in total. The highest BCUT2D eigenvalue weighted by Gasteiger charge is 2.28. The number of carbonyl (C=O) groups is 1. The molecule has 1 fully saturated rings. The van der Waals surface area contributed by atoms with Gasteiger partial charge in [-0.2, -0.15) is 0 Å². The van der Waals surface area contributed by atoms with Crippen molar-refractivity contribution in [1.29, 1.82) is 0 Å². The van der Waals surface area contributed by atoms with Crippen molar-refractivity contribution in [2.75, 3.05) is 0 Å². The molecule has 0 saturated heterocycles. The van der Waals surface area contributed by atoms with Crippen molar-refractivity contribution >= 4 is 27.6 Å². The smallest absolute Gasteiger partial charge is 0.339 e. The van der Waals surface area contributed by atoms with E-state index in [2.05, 4.69) is 29.8 Å². The maximum Gasteiger partial charge on any atom is 0.339 e. The fraction of sp³-hybridized carbons (Fsp3) is 0.533. The summed E-state index contributed by atoms with van der Waals surface area (Å²) in [6.07, 6.45) is 2.63.